The minimum Gasteiger partial charge on any atom is -0.508 e. The van der Waals surface area contributed by atoms with E-state index in [9.17, 15) is 70.2 Å². The molecule has 2 saturated heterocycles. The number of carbonyl (C=O) groups excluding carboxylic acids is 7. The van der Waals surface area contributed by atoms with E-state index in [0.717, 1.165) is 72.3 Å². The Hall–Kier alpha value is -11.1. The van der Waals surface area contributed by atoms with E-state index in [-0.39, 0.29) is 59.4 Å². The Morgan fingerprint density at radius 1 is 0.691 bits per heavy atom. The molecule has 7 aliphatic rings. The highest BCUT2D eigenvalue weighted by Gasteiger charge is 2.52. The monoisotopic (exact) mass is 1760 g/mol. The maximum absolute atomic E-state index is 16.3. The van der Waals surface area contributed by atoms with Crippen LogP contribution in [0.3, 0.4) is 0 Å². The Labute approximate surface area is 719 Å². The predicted octanol–water partition coefficient (Wildman–Crippen LogP) is 5.51. The summed E-state index contributed by atoms with van der Waals surface area (Å²) in [4.78, 5) is 118. The number of carboxylic acid groups (broad SMARTS) is 1. The summed E-state index contributed by atoms with van der Waals surface area (Å²) in [6, 6.07) is 11.7. The molecule has 0 spiro atoms. The Morgan fingerprint density at radius 2 is 1.33 bits per heavy atom. The second-order valence-electron chi connectivity index (χ2n) is 31.0. The number of carbonyl (C=O) groups is 8. The van der Waals surface area contributed by atoms with Crippen LogP contribution in [0.25, 0.3) is 11.1 Å². The van der Waals surface area contributed by atoms with Crippen LogP contribution in [0.1, 0.15) is 129 Å². The first-order chi connectivity index (χ1) is 58.5. The van der Waals surface area contributed by atoms with E-state index >= 15 is 19.2 Å². The number of amides is 7. The molecule has 20 N–H and O–H groups in total. The quantitative estimate of drug-likeness (QED) is 0.0262. The standard InChI is InChI=1S/C85H94Cl3N9O26/c1-7-8-9-22-116-58-24-40(12-19-57(58)117-36-39-10-16-45(86)17-11-39)34-91-85(5)33-63(118-38(4)76(85)107)122-75-73(106)72(105)61(35-98)121-84(75)123-74-59-28-44-29-60(74)120-56-21-15-43(27-50(56)88)71(104)69-82(113)95-67(83(114)115)48-30-46(99)31-54(101)64(48)47-25-41(13-18-53(47)100)65(79(110)97-69)94-80(111)66(44)93-78(109)52(32-62(89)102)92-81(112)68(96-77(108)51(90-6)23-37(2)3)70(103)42-14-20-55(119-59)49(87)26-42/h7,10-21,24-31,37-38,51-52,61,63,65-73,75-76,84,90-91,98-101,103-107H,1,8-9,22-23,32-36H2,2-6H3,(H2,89,102)(H,92,112)(H,93,109)(H,94,111)(H,95,113)(H,96,108)(H,97,110)(H,114,115)/t38-,51+,52-,61+,63-,65+,66+,67-,68+,69-,70+,71+,72+,73-,75+,76+,84-,85-/m0/s1. The number of aliphatic hydroxyl groups is 6. The van der Waals surface area contributed by atoms with Crippen LogP contribution in [-0.4, -0.2) is 198 Å². The van der Waals surface area contributed by atoms with Crippen molar-refractivity contribution in [1.82, 2.24) is 42.5 Å². The van der Waals surface area contributed by atoms with Gasteiger partial charge in [0.2, 0.25) is 53.4 Å². The van der Waals surface area contributed by atoms with Gasteiger partial charge < -0.3 is 137 Å². The summed E-state index contributed by atoms with van der Waals surface area (Å²) in [5.74, 6) is -15.3. The lowest BCUT2D eigenvalue weighted by molar-refractivity contribution is -0.334. The molecule has 7 amide bonds. The highest BCUT2D eigenvalue weighted by molar-refractivity contribution is 6.32. The van der Waals surface area contributed by atoms with Gasteiger partial charge in [-0.25, -0.2) is 4.79 Å². The molecule has 7 aromatic carbocycles. The number of fused-ring (bicyclic) bond motifs is 15. The van der Waals surface area contributed by atoms with Crippen molar-refractivity contribution < 1.29 is 127 Å². The van der Waals surface area contributed by atoms with E-state index in [1.54, 1.807) is 50.3 Å². The number of rotatable bonds is 24. The van der Waals surface area contributed by atoms with Gasteiger partial charge >= 0.3 is 5.97 Å². The van der Waals surface area contributed by atoms with Gasteiger partial charge in [-0.2, -0.15) is 0 Å². The number of hydrogen-bond donors (Lipinski definition) is 19. The summed E-state index contributed by atoms with van der Waals surface area (Å²) in [6.07, 6.45) is -16.0. The molecule has 0 saturated carbocycles. The molecule has 7 heterocycles. The van der Waals surface area contributed by atoms with Crippen LogP contribution in [0.5, 0.6) is 57.5 Å². The molecule has 38 heteroatoms. The summed E-state index contributed by atoms with van der Waals surface area (Å²) < 4.78 is 52.2. The number of aromatic hydroxyl groups is 3. The average molecular weight is 1760 g/mol. The summed E-state index contributed by atoms with van der Waals surface area (Å²) in [5, 5.41) is 138. The molecule has 123 heavy (non-hydrogen) atoms. The second-order valence-corrected chi connectivity index (χ2v) is 32.2. The van der Waals surface area contributed by atoms with Crippen molar-refractivity contribution in [1.29, 1.82) is 0 Å². The van der Waals surface area contributed by atoms with E-state index in [0.29, 0.717) is 41.5 Å². The first kappa shape index (κ1) is 91.1. The maximum Gasteiger partial charge on any atom is 0.330 e. The van der Waals surface area contributed by atoms with Gasteiger partial charge in [-0.15, -0.1) is 6.58 Å². The summed E-state index contributed by atoms with van der Waals surface area (Å²) in [7, 11) is 1.47. The number of primary amides is 1. The van der Waals surface area contributed by atoms with Crippen LogP contribution in [0, 0.1) is 5.92 Å². The van der Waals surface area contributed by atoms with E-state index < -0.39 is 237 Å². The fourth-order valence-electron chi connectivity index (χ4n) is 15.0. The molecular formula is C85H94Cl3N9O26. The average Bonchev–Trinajstić information content (AvgIpc) is 0.765. The molecule has 35 nitrogen and oxygen atoms in total. The molecule has 14 rings (SSSR count). The Bertz CT molecular complexity index is 5150. The molecular weight excluding hydrogens is 1670 g/mol. The minimum absolute atomic E-state index is 0.0928. The number of ether oxygens (including phenoxy) is 8. The number of nitrogens with two attached hydrogens (primary N) is 1. The van der Waals surface area contributed by atoms with Crippen LogP contribution in [0.4, 0.5) is 0 Å². The second kappa shape index (κ2) is 39.2. The van der Waals surface area contributed by atoms with Gasteiger partial charge in [0.15, 0.2) is 41.4 Å². The summed E-state index contributed by atoms with van der Waals surface area (Å²) in [6.45, 7) is 10.3. The normalized spacial score (nSPS) is 26.2. The van der Waals surface area contributed by atoms with E-state index in [2.05, 4.69) is 49.1 Å². The van der Waals surface area contributed by atoms with Crippen molar-refractivity contribution in [2.24, 2.45) is 11.7 Å². The van der Waals surface area contributed by atoms with E-state index in [1.807, 2.05) is 26.0 Å². The molecule has 0 aliphatic carbocycles. The topological polar surface area (TPSA) is 535 Å². The van der Waals surface area contributed by atoms with Crippen molar-refractivity contribution in [2.75, 3.05) is 20.3 Å². The zero-order chi connectivity index (χ0) is 88.7. The third-order valence-electron chi connectivity index (χ3n) is 21.6. The fraction of sp³-hybridized carbons (Fsp3) is 0.388. The number of aliphatic hydroxyl groups excluding tert-OH is 6. The lowest BCUT2D eigenvalue weighted by atomic mass is 9.84. The molecule has 656 valence electrons. The number of allylic oxidation sites excluding steroid dienone is 1. The number of phenolic OH excluding ortho intramolecular Hbond substituents is 3. The molecule has 0 aromatic heterocycles. The lowest BCUT2D eigenvalue weighted by Crippen LogP contribution is -2.65. The largest absolute Gasteiger partial charge is 0.508 e. The van der Waals surface area contributed by atoms with Gasteiger partial charge in [-0.05, 0) is 158 Å². The smallest absolute Gasteiger partial charge is 0.330 e. The lowest BCUT2D eigenvalue weighted by Gasteiger charge is -2.48. The molecule has 11 bridgehead atoms. The molecule has 18 atom stereocenters. The van der Waals surface area contributed by atoms with E-state index in [1.165, 1.54) is 19.2 Å². The Balaban J connectivity index is 1.01. The predicted molar refractivity (Wildman–Crippen MR) is 439 cm³/mol. The first-order valence-electron chi connectivity index (χ1n) is 39.2. The number of phenols is 3. The van der Waals surface area contributed by atoms with Crippen LogP contribution < -0.4 is 72.0 Å². The Kier molecular flexibility index (Phi) is 29.0. The number of nitrogens with one attached hydrogen (secondary N) is 8. The van der Waals surface area contributed by atoms with Crippen LogP contribution in [0.2, 0.25) is 15.1 Å². The fourth-order valence-corrected chi connectivity index (χ4v) is 15.6. The van der Waals surface area contributed by atoms with Crippen molar-refractivity contribution in [3.63, 3.8) is 0 Å². The molecule has 7 aromatic rings. The Morgan fingerprint density at radius 3 is 1.97 bits per heavy atom. The highest BCUT2D eigenvalue weighted by atomic mass is 35.5. The number of benzene rings is 7. The van der Waals surface area contributed by atoms with Crippen molar-refractivity contribution in [2.45, 2.75) is 182 Å². The summed E-state index contributed by atoms with van der Waals surface area (Å²) >= 11 is 20.5. The molecule has 0 unspecified atom stereocenters. The zero-order valence-electron chi connectivity index (χ0n) is 66.8. The van der Waals surface area contributed by atoms with Crippen molar-refractivity contribution in [3.8, 4) is 68.6 Å². The number of likely N-dealkylation sites (N-methyl/N-ethyl adjacent to an activating group) is 1. The minimum atomic E-state index is -2.38. The number of aliphatic carboxylic acids is 1. The van der Waals surface area contributed by atoms with Gasteiger partial charge in [0.25, 0.3) is 0 Å². The van der Waals surface area contributed by atoms with Crippen LogP contribution >= 0.6 is 34.8 Å². The van der Waals surface area contributed by atoms with Gasteiger partial charge in [-0.1, -0.05) is 91.1 Å². The first-order valence-corrected chi connectivity index (χ1v) is 40.3. The van der Waals surface area contributed by atoms with Crippen molar-refractivity contribution in [3.05, 3.63) is 188 Å². The van der Waals surface area contributed by atoms with E-state index in [4.69, 9.17) is 78.4 Å². The van der Waals surface area contributed by atoms with Gasteiger partial charge in [0, 0.05) is 46.3 Å². The zero-order valence-corrected chi connectivity index (χ0v) is 69.1. The third kappa shape index (κ3) is 20.9. The number of halogens is 3. The highest BCUT2D eigenvalue weighted by Crippen LogP contribution is 2.50. The number of carboxylic acids is 1. The maximum atomic E-state index is 16.3. The third-order valence-corrected chi connectivity index (χ3v) is 22.4. The van der Waals surface area contributed by atoms with Crippen LogP contribution in [0.15, 0.2) is 134 Å². The number of unbranched alkanes of at least 4 members (excludes halogenated alkanes) is 1. The molecule has 0 radical (unpaired) electrons. The number of hydrogen-bond acceptors (Lipinski definition) is 27. The van der Waals surface area contributed by atoms with Gasteiger partial charge in [0.05, 0.1) is 47.9 Å². The molecule has 2 fully saturated rings. The summed E-state index contributed by atoms with van der Waals surface area (Å²) in [5.41, 5.74) is 3.10. The van der Waals surface area contributed by atoms with Gasteiger partial charge in [-0.3, -0.25) is 33.6 Å². The van der Waals surface area contributed by atoms with Gasteiger partial charge in [0.1, 0.15) is 96.1 Å². The van der Waals surface area contributed by atoms with Crippen molar-refractivity contribution >= 4 is 82.1 Å². The molecule has 7 aliphatic heterocycles. The van der Waals surface area contributed by atoms with Crippen LogP contribution in [-0.2, 0) is 65.7 Å². The SMILES string of the molecule is C=CCCCOc1cc(CN[C@@]2(C)C[C@H](O[C@H]3[C@H](Oc4c5cc6cc4Oc4ccc(cc4Cl)[C@@H](O)[C@@H](NC(=O)[C@@H](CC(C)C)NC)C(=O)N[C@@H](CC(N)=O)C(=O)N[C@H]6C(=O)N[C@H]4C(=O)N[C@H](C(=O)N[C@H](C(=O)O)c6cc(O)cc(O)c6-c6cc4ccc6O)[C@H](O)c4ccc(c(Cl)c4)O5)O[C@H](CO)[C@@H](O)[C@@H]3O)O[C@@H](C)[C@H]2O)ccc1OCc1ccc(Cl)cc1.